The number of thioether (sulfide) groups is 1. The van der Waals surface area contributed by atoms with Gasteiger partial charge in [0, 0.05) is 11.9 Å². The molecule has 3 aromatic rings. The second kappa shape index (κ2) is 11.0. The summed E-state index contributed by atoms with van der Waals surface area (Å²) in [4.78, 5) is 27.8. The summed E-state index contributed by atoms with van der Waals surface area (Å²) in [5, 5.41) is 16.7. The van der Waals surface area contributed by atoms with E-state index in [-0.39, 0.29) is 29.9 Å². The van der Waals surface area contributed by atoms with Crippen LogP contribution in [0, 0.1) is 5.82 Å². The third-order valence-electron chi connectivity index (χ3n) is 3.52. The highest BCUT2D eigenvalue weighted by molar-refractivity contribution is 8.01. The van der Waals surface area contributed by atoms with Crippen molar-refractivity contribution >= 4 is 56.6 Å². The van der Waals surface area contributed by atoms with E-state index in [4.69, 9.17) is 4.74 Å². The van der Waals surface area contributed by atoms with Crippen LogP contribution in [0.25, 0.3) is 0 Å². The van der Waals surface area contributed by atoms with E-state index in [1.165, 1.54) is 46.6 Å². The molecular weight excluding hydrogens is 449 g/mol. The Balaban J connectivity index is 1.41. The first-order valence-corrected chi connectivity index (χ1v) is 11.5. The molecule has 0 spiro atoms. The first-order chi connectivity index (χ1) is 14.5. The van der Waals surface area contributed by atoms with Crippen LogP contribution in [0.4, 0.5) is 14.7 Å². The fraction of sp³-hybridized carbons (Fsp3) is 0.278. The molecule has 158 valence electrons. The summed E-state index contributed by atoms with van der Waals surface area (Å²) in [6.45, 7) is 2.56. The lowest BCUT2D eigenvalue weighted by Gasteiger charge is -2.01. The molecule has 2 N–H and O–H groups in total. The molecule has 0 aliphatic carbocycles. The quantitative estimate of drug-likeness (QED) is 0.344. The van der Waals surface area contributed by atoms with Crippen LogP contribution in [-0.4, -0.2) is 39.4 Å². The summed E-state index contributed by atoms with van der Waals surface area (Å²) in [6, 6.07) is 6.19. The minimum Gasteiger partial charge on any atom is -0.466 e. The average molecular weight is 468 g/mol. The minimum absolute atomic E-state index is 0.0768. The van der Waals surface area contributed by atoms with E-state index >= 15 is 0 Å². The number of esters is 1. The van der Waals surface area contributed by atoms with E-state index in [0.717, 1.165) is 5.56 Å². The van der Waals surface area contributed by atoms with Crippen molar-refractivity contribution in [3.63, 3.8) is 0 Å². The molecule has 2 aromatic heterocycles. The van der Waals surface area contributed by atoms with Gasteiger partial charge in [-0.05, 0) is 24.6 Å². The van der Waals surface area contributed by atoms with Gasteiger partial charge in [0.2, 0.25) is 11.0 Å². The van der Waals surface area contributed by atoms with Gasteiger partial charge in [-0.1, -0.05) is 35.2 Å². The predicted molar refractivity (Wildman–Crippen MR) is 115 cm³/mol. The number of halogens is 1. The third kappa shape index (κ3) is 7.04. The Hall–Kier alpha value is -2.57. The van der Waals surface area contributed by atoms with Crippen molar-refractivity contribution in [1.29, 1.82) is 0 Å². The summed E-state index contributed by atoms with van der Waals surface area (Å²) in [5.41, 5.74) is 1.48. The van der Waals surface area contributed by atoms with Crippen molar-refractivity contribution in [2.45, 2.75) is 24.2 Å². The molecular formula is C18H18FN5O3S3. The van der Waals surface area contributed by atoms with E-state index in [9.17, 15) is 14.0 Å². The van der Waals surface area contributed by atoms with Crippen LogP contribution in [0.3, 0.4) is 0 Å². The molecule has 0 bridgehead atoms. The van der Waals surface area contributed by atoms with Crippen LogP contribution < -0.4 is 10.6 Å². The molecule has 0 radical (unpaired) electrons. The number of anilines is 2. The smallest absolute Gasteiger partial charge is 0.311 e. The van der Waals surface area contributed by atoms with E-state index < -0.39 is 0 Å². The Morgan fingerprint density at radius 1 is 1.20 bits per heavy atom. The molecule has 8 nitrogen and oxygen atoms in total. The number of hydrogen-bond acceptors (Lipinski definition) is 10. The first kappa shape index (κ1) is 22.1. The molecule has 3 rings (SSSR count). The average Bonchev–Trinajstić information content (AvgIpc) is 3.35. The molecule has 12 heteroatoms. The lowest BCUT2D eigenvalue weighted by Crippen LogP contribution is -2.14. The number of nitrogens with zero attached hydrogens (tertiary/aromatic N) is 3. The highest BCUT2D eigenvalue weighted by atomic mass is 32.2. The maximum Gasteiger partial charge on any atom is 0.311 e. The van der Waals surface area contributed by atoms with Crippen molar-refractivity contribution in [2.75, 3.05) is 23.0 Å². The maximum absolute atomic E-state index is 12.9. The number of rotatable bonds is 10. The van der Waals surface area contributed by atoms with Crippen molar-refractivity contribution in [3.05, 3.63) is 46.7 Å². The van der Waals surface area contributed by atoms with Crippen molar-refractivity contribution < 1.29 is 18.7 Å². The maximum atomic E-state index is 12.9. The van der Waals surface area contributed by atoms with Gasteiger partial charge in [0.25, 0.3) is 0 Å². The minimum atomic E-state index is -0.351. The monoisotopic (exact) mass is 467 g/mol. The van der Waals surface area contributed by atoms with Gasteiger partial charge in [0.05, 0.1) is 24.5 Å². The number of benzene rings is 1. The van der Waals surface area contributed by atoms with Gasteiger partial charge in [0.1, 0.15) is 5.82 Å². The molecule has 0 unspecified atom stereocenters. The number of nitrogens with one attached hydrogen (secondary N) is 2. The Morgan fingerprint density at radius 3 is 2.77 bits per heavy atom. The first-order valence-electron chi connectivity index (χ1n) is 8.86. The van der Waals surface area contributed by atoms with Gasteiger partial charge in [-0.15, -0.1) is 21.5 Å². The van der Waals surface area contributed by atoms with E-state index in [0.29, 0.717) is 33.4 Å². The summed E-state index contributed by atoms with van der Waals surface area (Å²) >= 11 is 3.84. The SMILES string of the molecule is CCOC(=O)Cc1csc(NC(=O)CSc2nnc(NCc3ccc(F)cc3)s2)n1. The molecule has 0 atom stereocenters. The number of ether oxygens (including phenoxy) is 1. The summed E-state index contributed by atoms with van der Waals surface area (Å²) in [5.74, 6) is -0.705. The molecule has 0 fully saturated rings. The third-order valence-corrected chi connectivity index (χ3v) is 6.34. The molecule has 1 aromatic carbocycles. The normalized spacial score (nSPS) is 10.6. The second-order valence-electron chi connectivity index (χ2n) is 5.82. The number of carbonyl (C=O) groups is 2. The van der Waals surface area contributed by atoms with E-state index in [2.05, 4.69) is 25.8 Å². The Labute approximate surface area is 184 Å². The van der Waals surface area contributed by atoms with Gasteiger partial charge >= 0.3 is 5.97 Å². The molecule has 30 heavy (non-hydrogen) atoms. The molecule has 0 aliphatic rings. The standard InChI is InChI=1S/C18H18FN5O3S3/c1-2-27-15(26)7-13-9-28-17(21-13)22-14(25)10-29-18-24-23-16(30-18)20-8-11-3-5-12(19)6-4-11/h3-6,9H,2,7-8,10H2,1H3,(H,20,23)(H,21,22,25). The number of hydrogen-bond donors (Lipinski definition) is 2. The van der Waals surface area contributed by atoms with Crippen LogP contribution in [0.5, 0.6) is 0 Å². The number of thiazole rings is 1. The predicted octanol–water partition coefficient (Wildman–Crippen LogP) is 3.58. The Morgan fingerprint density at radius 2 is 2.00 bits per heavy atom. The van der Waals surface area contributed by atoms with Crippen LogP contribution in [0.2, 0.25) is 0 Å². The molecule has 0 saturated carbocycles. The van der Waals surface area contributed by atoms with E-state index in [1.54, 1.807) is 24.4 Å². The second-order valence-corrected chi connectivity index (χ2v) is 8.87. The van der Waals surface area contributed by atoms with Gasteiger partial charge in [0.15, 0.2) is 9.47 Å². The summed E-state index contributed by atoms with van der Waals surface area (Å²) < 4.78 is 18.4. The number of amides is 1. The fourth-order valence-corrected chi connectivity index (χ4v) is 4.48. The van der Waals surface area contributed by atoms with Crippen molar-refractivity contribution in [3.8, 4) is 0 Å². The number of carbonyl (C=O) groups excluding carboxylic acids is 2. The molecule has 0 saturated heterocycles. The zero-order chi connectivity index (χ0) is 21.3. The van der Waals surface area contributed by atoms with Crippen molar-refractivity contribution in [2.24, 2.45) is 0 Å². The van der Waals surface area contributed by atoms with Crippen molar-refractivity contribution in [1.82, 2.24) is 15.2 Å². The van der Waals surface area contributed by atoms with Crippen LogP contribution in [0.1, 0.15) is 18.2 Å². The van der Waals surface area contributed by atoms with Crippen LogP contribution in [-0.2, 0) is 27.3 Å². The zero-order valence-electron chi connectivity index (χ0n) is 15.9. The largest absolute Gasteiger partial charge is 0.466 e. The van der Waals surface area contributed by atoms with Gasteiger partial charge in [-0.3, -0.25) is 9.59 Å². The Bertz CT molecular complexity index is 993. The topological polar surface area (TPSA) is 106 Å². The summed E-state index contributed by atoms with van der Waals surface area (Å²) in [6.07, 6.45) is 0.0768. The molecule has 0 aliphatic heterocycles. The van der Waals surface area contributed by atoms with Gasteiger partial charge < -0.3 is 15.4 Å². The van der Waals surface area contributed by atoms with Crippen LogP contribution in [0.15, 0.2) is 34.0 Å². The van der Waals surface area contributed by atoms with E-state index in [1.807, 2.05) is 0 Å². The Kier molecular flexibility index (Phi) is 8.11. The highest BCUT2D eigenvalue weighted by Crippen LogP contribution is 2.26. The highest BCUT2D eigenvalue weighted by Gasteiger charge is 2.12. The fourth-order valence-electron chi connectivity index (χ4n) is 2.21. The van der Waals surface area contributed by atoms with Gasteiger partial charge in [-0.2, -0.15) is 0 Å². The zero-order valence-corrected chi connectivity index (χ0v) is 18.3. The summed E-state index contributed by atoms with van der Waals surface area (Å²) in [7, 11) is 0. The van der Waals surface area contributed by atoms with Crippen LogP contribution >= 0.6 is 34.4 Å². The lowest BCUT2D eigenvalue weighted by molar-refractivity contribution is -0.142. The molecule has 1 amide bonds. The molecule has 2 heterocycles. The number of aromatic nitrogens is 3. The van der Waals surface area contributed by atoms with Gasteiger partial charge in [-0.25, -0.2) is 9.37 Å². The lowest BCUT2D eigenvalue weighted by atomic mass is 10.2.